The van der Waals surface area contributed by atoms with Crippen molar-refractivity contribution in [2.75, 3.05) is 13.2 Å². The minimum atomic E-state index is 0.588. The zero-order valence-corrected chi connectivity index (χ0v) is 8.31. The molecular formula is C11H15NO2. The second-order valence-corrected chi connectivity index (χ2v) is 2.86. The van der Waals surface area contributed by atoms with Crippen LogP contribution in [0.15, 0.2) is 35.5 Å². The van der Waals surface area contributed by atoms with Crippen LogP contribution < -0.4 is 0 Å². The number of hydrogen-bond acceptors (Lipinski definition) is 3. The first-order valence-corrected chi connectivity index (χ1v) is 4.72. The van der Waals surface area contributed by atoms with Crippen molar-refractivity contribution in [3.63, 3.8) is 0 Å². The van der Waals surface area contributed by atoms with Gasteiger partial charge in [0.1, 0.15) is 0 Å². The molecule has 1 rings (SSSR count). The summed E-state index contributed by atoms with van der Waals surface area (Å²) in [6.07, 6.45) is 0.633. The Morgan fingerprint density at radius 3 is 2.64 bits per heavy atom. The maximum atomic E-state index is 8.81. The molecular weight excluding hydrogens is 178 g/mol. The molecule has 0 aliphatic rings. The Balaban J connectivity index is 2.56. The Hall–Kier alpha value is -1.35. The number of benzene rings is 1. The van der Waals surface area contributed by atoms with Crippen molar-refractivity contribution in [3.05, 3.63) is 35.9 Å². The van der Waals surface area contributed by atoms with Crippen molar-refractivity contribution in [2.24, 2.45) is 5.16 Å². The molecule has 3 nitrogen and oxygen atoms in total. The smallest absolute Gasteiger partial charge is 0.0890 e. The quantitative estimate of drug-likeness (QED) is 0.337. The van der Waals surface area contributed by atoms with Crippen molar-refractivity contribution >= 4 is 5.71 Å². The number of oxime groups is 1. The minimum absolute atomic E-state index is 0.588. The molecule has 1 aromatic carbocycles. The average molecular weight is 193 g/mol. The van der Waals surface area contributed by atoms with E-state index in [2.05, 4.69) is 5.16 Å². The molecule has 0 radical (unpaired) electrons. The summed E-state index contributed by atoms with van der Waals surface area (Å²) >= 11 is 0. The van der Waals surface area contributed by atoms with E-state index in [-0.39, 0.29) is 0 Å². The van der Waals surface area contributed by atoms with Gasteiger partial charge in [-0.1, -0.05) is 35.5 Å². The van der Waals surface area contributed by atoms with E-state index in [0.29, 0.717) is 25.3 Å². The molecule has 0 amide bonds. The van der Waals surface area contributed by atoms with E-state index in [1.54, 1.807) is 0 Å². The fourth-order valence-electron chi connectivity index (χ4n) is 1.20. The molecule has 0 saturated carbocycles. The Kier molecular flexibility index (Phi) is 4.72. The molecule has 1 aromatic rings. The predicted octanol–water partition coefficient (Wildman–Crippen LogP) is 2.29. The number of nitrogens with zero attached hydrogens (tertiary/aromatic N) is 1. The molecule has 0 aliphatic carbocycles. The van der Waals surface area contributed by atoms with Crippen LogP contribution in [-0.2, 0) is 4.74 Å². The first kappa shape index (κ1) is 10.7. The van der Waals surface area contributed by atoms with Gasteiger partial charge in [0.2, 0.25) is 0 Å². The lowest BCUT2D eigenvalue weighted by molar-refractivity contribution is 0.154. The molecule has 76 valence electrons. The molecule has 0 saturated heterocycles. The fourth-order valence-corrected chi connectivity index (χ4v) is 1.20. The lowest BCUT2D eigenvalue weighted by atomic mass is 10.1. The molecule has 0 spiro atoms. The summed E-state index contributed by atoms with van der Waals surface area (Å²) in [7, 11) is 0. The monoisotopic (exact) mass is 193 g/mol. The molecule has 0 aromatic heterocycles. The molecule has 3 heteroatoms. The normalized spacial score (nSPS) is 11.6. The SMILES string of the molecule is CCOCCC(=NO)c1ccccc1. The van der Waals surface area contributed by atoms with Crippen LogP contribution in [0.5, 0.6) is 0 Å². The third-order valence-electron chi connectivity index (χ3n) is 1.92. The van der Waals surface area contributed by atoms with Crippen LogP contribution in [0.4, 0.5) is 0 Å². The van der Waals surface area contributed by atoms with Gasteiger partial charge in [-0.2, -0.15) is 0 Å². The zero-order chi connectivity index (χ0) is 10.2. The summed E-state index contributed by atoms with van der Waals surface area (Å²) in [5, 5.41) is 12.1. The van der Waals surface area contributed by atoms with E-state index in [1.165, 1.54) is 0 Å². The summed E-state index contributed by atoms with van der Waals surface area (Å²) in [6, 6.07) is 9.60. The number of hydrogen-bond donors (Lipinski definition) is 1. The molecule has 0 aliphatic heterocycles. The van der Waals surface area contributed by atoms with Crippen molar-refractivity contribution < 1.29 is 9.94 Å². The van der Waals surface area contributed by atoms with Gasteiger partial charge < -0.3 is 9.94 Å². The highest BCUT2D eigenvalue weighted by Crippen LogP contribution is 2.04. The minimum Gasteiger partial charge on any atom is -0.411 e. The molecule has 1 N–H and O–H groups in total. The van der Waals surface area contributed by atoms with Crippen molar-refractivity contribution in [2.45, 2.75) is 13.3 Å². The van der Waals surface area contributed by atoms with Gasteiger partial charge >= 0.3 is 0 Å². The van der Waals surface area contributed by atoms with E-state index in [4.69, 9.17) is 9.94 Å². The van der Waals surface area contributed by atoms with Gasteiger partial charge in [0.25, 0.3) is 0 Å². The largest absolute Gasteiger partial charge is 0.411 e. The Bertz CT molecular complexity index is 283. The maximum absolute atomic E-state index is 8.81. The highest BCUT2D eigenvalue weighted by molar-refractivity contribution is 6.00. The van der Waals surface area contributed by atoms with E-state index in [0.717, 1.165) is 5.56 Å². The van der Waals surface area contributed by atoms with Crippen molar-refractivity contribution in [3.8, 4) is 0 Å². The van der Waals surface area contributed by atoms with Crippen LogP contribution >= 0.6 is 0 Å². The number of rotatable bonds is 5. The summed E-state index contributed by atoms with van der Waals surface area (Å²) in [6.45, 7) is 3.22. The second kappa shape index (κ2) is 6.16. The third-order valence-corrected chi connectivity index (χ3v) is 1.92. The Morgan fingerprint density at radius 1 is 1.36 bits per heavy atom. The van der Waals surface area contributed by atoms with Crippen LogP contribution in [0.25, 0.3) is 0 Å². The Morgan fingerprint density at radius 2 is 2.07 bits per heavy atom. The molecule has 0 unspecified atom stereocenters. The Labute approximate surface area is 84.0 Å². The van der Waals surface area contributed by atoms with Crippen LogP contribution in [0.2, 0.25) is 0 Å². The van der Waals surface area contributed by atoms with Gasteiger partial charge in [-0.25, -0.2) is 0 Å². The lowest BCUT2D eigenvalue weighted by Gasteiger charge is -2.04. The van der Waals surface area contributed by atoms with Crippen LogP contribution in [-0.4, -0.2) is 24.1 Å². The standard InChI is InChI=1S/C11H15NO2/c1-2-14-9-8-11(12-13)10-6-4-3-5-7-10/h3-7,13H,2,8-9H2,1H3. The fraction of sp³-hybridized carbons (Fsp3) is 0.364. The van der Waals surface area contributed by atoms with Gasteiger partial charge in [0, 0.05) is 13.0 Å². The predicted molar refractivity (Wildman–Crippen MR) is 55.9 cm³/mol. The summed E-state index contributed by atoms with van der Waals surface area (Å²) in [4.78, 5) is 0. The van der Waals surface area contributed by atoms with Crippen LogP contribution in [0.1, 0.15) is 18.9 Å². The van der Waals surface area contributed by atoms with Gasteiger partial charge in [0.05, 0.1) is 12.3 Å². The topological polar surface area (TPSA) is 41.8 Å². The molecule has 0 atom stereocenters. The number of ether oxygens (including phenoxy) is 1. The summed E-state index contributed by atoms with van der Waals surface area (Å²) in [5.74, 6) is 0. The summed E-state index contributed by atoms with van der Waals surface area (Å²) < 4.78 is 5.20. The van der Waals surface area contributed by atoms with E-state index >= 15 is 0 Å². The highest BCUT2D eigenvalue weighted by Gasteiger charge is 2.02. The van der Waals surface area contributed by atoms with Gasteiger partial charge in [-0.15, -0.1) is 0 Å². The van der Waals surface area contributed by atoms with Crippen molar-refractivity contribution in [1.29, 1.82) is 0 Å². The van der Waals surface area contributed by atoms with E-state index < -0.39 is 0 Å². The third kappa shape index (κ3) is 3.18. The lowest BCUT2D eigenvalue weighted by Crippen LogP contribution is -2.06. The van der Waals surface area contributed by atoms with Crippen molar-refractivity contribution in [1.82, 2.24) is 0 Å². The molecule has 0 bridgehead atoms. The van der Waals surface area contributed by atoms with E-state index in [1.807, 2.05) is 37.3 Å². The highest BCUT2D eigenvalue weighted by atomic mass is 16.5. The maximum Gasteiger partial charge on any atom is 0.0890 e. The van der Waals surface area contributed by atoms with E-state index in [9.17, 15) is 0 Å². The van der Waals surface area contributed by atoms with Gasteiger partial charge in [-0.05, 0) is 12.5 Å². The van der Waals surface area contributed by atoms with Gasteiger partial charge in [0.15, 0.2) is 0 Å². The molecule has 0 fully saturated rings. The average Bonchev–Trinajstić information content (AvgIpc) is 2.26. The zero-order valence-electron chi connectivity index (χ0n) is 8.31. The second-order valence-electron chi connectivity index (χ2n) is 2.86. The molecule has 14 heavy (non-hydrogen) atoms. The van der Waals surface area contributed by atoms with Crippen LogP contribution in [0, 0.1) is 0 Å². The van der Waals surface area contributed by atoms with Gasteiger partial charge in [-0.3, -0.25) is 0 Å². The van der Waals surface area contributed by atoms with Crippen LogP contribution in [0.3, 0.4) is 0 Å². The first-order chi connectivity index (χ1) is 6.88. The first-order valence-electron chi connectivity index (χ1n) is 4.72. The summed E-state index contributed by atoms with van der Waals surface area (Å²) in [5.41, 5.74) is 1.61. The molecule has 0 heterocycles.